The standard InChI is InChI=1S/C12H16N4O3S/c1-8-3-4-10(13)12(9(8)2)20(17,18)15-6-5-11-14-7-19-16-11/h3-4,7,15H,5-6,13H2,1-2H3. The average molecular weight is 296 g/mol. The molecule has 1 heterocycles. The van der Waals surface area contributed by atoms with Gasteiger partial charge in [-0.3, -0.25) is 0 Å². The molecule has 2 rings (SSSR count). The van der Waals surface area contributed by atoms with Gasteiger partial charge in [0.25, 0.3) is 0 Å². The van der Waals surface area contributed by atoms with Gasteiger partial charge in [-0.1, -0.05) is 11.2 Å². The van der Waals surface area contributed by atoms with Crippen molar-refractivity contribution in [2.24, 2.45) is 0 Å². The molecule has 0 atom stereocenters. The van der Waals surface area contributed by atoms with E-state index >= 15 is 0 Å². The molecular weight excluding hydrogens is 280 g/mol. The minimum atomic E-state index is -3.66. The van der Waals surface area contributed by atoms with Crippen LogP contribution in [0.1, 0.15) is 17.0 Å². The number of hydrogen-bond donors (Lipinski definition) is 2. The smallest absolute Gasteiger partial charge is 0.242 e. The number of nitrogens with one attached hydrogen (secondary N) is 1. The normalized spacial score (nSPS) is 11.7. The van der Waals surface area contributed by atoms with Crippen LogP contribution in [0, 0.1) is 13.8 Å². The van der Waals surface area contributed by atoms with E-state index in [1.807, 2.05) is 6.92 Å². The Kier molecular flexibility index (Phi) is 4.05. The Bertz CT molecular complexity index is 696. The zero-order valence-electron chi connectivity index (χ0n) is 11.3. The van der Waals surface area contributed by atoms with Crippen molar-refractivity contribution >= 4 is 15.7 Å². The molecule has 8 heteroatoms. The summed E-state index contributed by atoms with van der Waals surface area (Å²) < 4.78 is 31.7. The Morgan fingerprint density at radius 1 is 1.35 bits per heavy atom. The van der Waals surface area contributed by atoms with Crippen molar-refractivity contribution in [3.05, 3.63) is 35.5 Å². The van der Waals surface area contributed by atoms with Gasteiger partial charge >= 0.3 is 0 Å². The highest BCUT2D eigenvalue weighted by Crippen LogP contribution is 2.24. The van der Waals surface area contributed by atoms with Gasteiger partial charge in [0.2, 0.25) is 16.4 Å². The number of aryl methyl sites for hydroxylation is 1. The Hall–Kier alpha value is -1.93. The van der Waals surface area contributed by atoms with E-state index in [1.54, 1.807) is 19.1 Å². The molecule has 0 radical (unpaired) electrons. The van der Waals surface area contributed by atoms with Crippen LogP contribution >= 0.6 is 0 Å². The van der Waals surface area contributed by atoms with Gasteiger partial charge < -0.3 is 10.3 Å². The Labute approximate surface area is 117 Å². The summed E-state index contributed by atoms with van der Waals surface area (Å²) in [5, 5.41) is 3.61. The summed E-state index contributed by atoms with van der Waals surface area (Å²) in [6, 6.07) is 3.39. The minimum Gasteiger partial charge on any atom is -0.398 e. The van der Waals surface area contributed by atoms with Gasteiger partial charge in [0, 0.05) is 13.0 Å². The van der Waals surface area contributed by atoms with Crippen LogP contribution in [-0.2, 0) is 16.4 Å². The molecule has 7 nitrogen and oxygen atoms in total. The number of nitrogen functional groups attached to an aromatic ring is 1. The van der Waals surface area contributed by atoms with E-state index in [0.717, 1.165) is 5.56 Å². The van der Waals surface area contributed by atoms with Gasteiger partial charge in [-0.05, 0) is 31.0 Å². The maximum Gasteiger partial charge on any atom is 0.242 e. The summed E-state index contributed by atoms with van der Waals surface area (Å²) in [7, 11) is -3.66. The number of sulfonamides is 1. The predicted molar refractivity (Wildman–Crippen MR) is 73.5 cm³/mol. The van der Waals surface area contributed by atoms with Crippen molar-refractivity contribution in [2.45, 2.75) is 25.2 Å². The van der Waals surface area contributed by atoms with Crippen LogP contribution in [0.15, 0.2) is 27.9 Å². The van der Waals surface area contributed by atoms with E-state index < -0.39 is 10.0 Å². The molecule has 0 saturated heterocycles. The maximum absolute atomic E-state index is 12.3. The number of aromatic nitrogens is 2. The summed E-state index contributed by atoms with van der Waals surface area (Å²) in [6.45, 7) is 3.75. The van der Waals surface area contributed by atoms with Gasteiger partial charge in [0.05, 0.1) is 5.69 Å². The molecule has 0 bridgehead atoms. The lowest BCUT2D eigenvalue weighted by Gasteiger charge is -2.13. The molecule has 0 aliphatic rings. The molecule has 0 amide bonds. The van der Waals surface area contributed by atoms with Gasteiger partial charge in [-0.15, -0.1) is 0 Å². The number of nitrogens with two attached hydrogens (primary N) is 1. The van der Waals surface area contributed by atoms with Crippen LogP contribution in [-0.4, -0.2) is 25.1 Å². The van der Waals surface area contributed by atoms with Gasteiger partial charge in [0.1, 0.15) is 4.90 Å². The van der Waals surface area contributed by atoms with E-state index in [0.29, 0.717) is 17.8 Å². The molecule has 0 aliphatic carbocycles. The van der Waals surface area contributed by atoms with Crippen LogP contribution in [0.4, 0.5) is 5.69 Å². The molecule has 2 aromatic rings. The number of anilines is 1. The Morgan fingerprint density at radius 3 is 2.75 bits per heavy atom. The second-order valence-electron chi connectivity index (χ2n) is 4.42. The molecule has 1 aromatic heterocycles. The van der Waals surface area contributed by atoms with Crippen LogP contribution in [0.5, 0.6) is 0 Å². The Balaban J connectivity index is 2.16. The largest absolute Gasteiger partial charge is 0.398 e. The van der Waals surface area contributed by atoms with E-state index in [4.69, 9.17) is 5.73 Å². The molecule has 0 saturated carbocycles. The van der Waals surface area contributed by atoms with Crippen molar-refractivity contribution in [2.75, 3.05) is 12.3 Å². The fourth-order valence-electron chi connectivity index (χ4n) is 1.84. The van der Waals surface area contributed by atoms with Crippen LogP contribution < -0.4 is 10.5 Å². The summed E-state index contributed by atoms with van der Waals surface area (Å²) in [6.07, 6.45) is 1.55. The third-order valence-corrected chi connectivity index (χ3v) is 4.69. The molecule has 0 unspecified atom stereocenters. The van der Waals surface area contributed by atoms with Crippen molar-refractivity contribution in [1.82, 2.24) is 14.9 Å². The highest BCUT2D eigenvalue weighted by atomic mass is 32.2. The van der Waals surface area contributed by atoms with Gasteiger partial charge in [-0.2, -0.15) is 4.98 Å². The molecule has 0 fully saturated rings. The molecule has 0 spiro atoms. The highest BCUT2D eigenvalue weighted by molar-refractivity contribution is 7.89. The third-order valence-electron chi connectivity index (χ3n) is 3.02. The van der Waals surface area contributed by atoms with E-state index in [-0.39, 0.29) is 17.1 Å². The van der Waals surface area contributed by atoms with Crippen molar-refractivity contribution in [3.8, 4) is 0 Å². The summed E-state index contributed by atoms with van der Waals surface area (Å²) in [5.74, 6) is 0.446. The van der Waals surface area contributed by atoms with Crippen molar-refractivity contribution < 1.29 is 12.9 Å². The molecule has 1 aromatic carbocycles. The zero-order valence-corrected chi connectivity index (χ0v) is 12.1. The van der Waals surface area contributed by atoms with Crippen LogP contribution in [0.25, 0.3) is 0 Å². The summed E-state index contributed by atoms with van der Waals surface area (Å²) in [4.78, 5) is 3.95. The van der Waals surface area contributed by atoms with Gasteiger partial charge in [0.15, 0.2) is 5.82 Å². The molecule has 108 valence electrons. The van der Waals surface area contributed by atoms with E-state index in [1.165, 1.54) is 6.39 Å². The average Bonchev–Trinajstić information content (AvgIpc) is 2.87. The fraction of sp³-hybridized carbons (Fsp3) is 0.333. The molecule has 3 N–H and O–H groups in total. The predicted octanol–water partition coefficient (Wildman–Crippen LogP) is 0.790. The SMILES string of the molecule is Cc1ccc(N)c(S(=O)(=O)NCCc2ncon2)c1C. The monoisotopic (exact) mass is 296 g/mol. The minimum absolute atomic E-state index is 0.130. The number of hydrogen-bond acceptors (Lipinski definition) is 6. The van der Waals surface area contributed by atoms with Crippen molar-refractivity contribution in [3.63, 3.8) is 0 Å². The lowest BCUT2D eigenvalue weighted by molar-refractivity contribution is 0.410. The van der Waals surface area contributed by atoms with Crippen LogP contribution in [0.3, 0.4) is 0 Å². The first kappa shape index (κ1) is 14.5. The van der Waals surface area contributed by atoms with E-state index in [2.05, 4.69) is 19.4 Å². The fourth-order valence-corrected chi connectivity index (χ4v) is 3.30. The first-order chi connectivity index (χ1) is 9.42. The summed E-state index contributed by atoms with van der Waals surface area (Å²) >= 11 is 0. The van der Waals surface area contributed by atoms with E-state index in [9.17, 15) is 8.42 Å². The lowest BCUT2D eigenvalue weighted by Crippen LogP contribution is -2.27. The Morgan fingerprint density at radius 2 is 2.10 bits per heavy atom. The second-order valence-corrected chi connectivity index (χ2v) is 6.12. The highest BCUT2D eigenvalue weighted by Gasteiger charge is 2.20. The lowest BCUT2D eigenvalue weighted by atomic mass is 10.1. The zero-order chi connectivity index (χ0) is 14.8. The number of benzene rings is 1. The van der Waals surface area contributed by atoms with Crippen molar-refractivity contribution in [1.29, 1.82) is 0 Å². The van der Waals surface area contributed by atoms with Gasteiger partial charge in [-0.25, -0.2) is 13.1 Å². The molecule has 0 aliphatic heterocycles. The third kappa shape index (κ3) is 2.97. The first-order valence-corrected chi connectivity index (χ1v) is 7.50. The summed E-state index contributed by atoms with van der Waals surface area (Å²) in [5.41, 5.74) is 7.54. The molecule has 20 heavy (non-hydrogen) atoms. The molecular formula is C12H16N4O3S. The number of nitrogens with zero attached hydrogens (tertiary/aromatic N) is 2. The second kappa shape index (κ2) is 5.59. The first-order valence-electron chi connectivity index (χ1n) is 6.02. The topological polar surface area (TPSA) is 111 Å². The quantitative estimate of drug-likeness (QED) is 0.789. The van der Waals surface area contributed by atoms with Crippen LogP contribution in [0.2, 0.25) is 0 Å². The number of rotatable bonds is 5. The maximum atomic E-state index is 12.3.